The molecular formula is C14H16N4O2. The van der Waals surface area contributed by atoms with Crippen molar-refractivity contribution in [2.45, 2.75) is 13.0 Å². The van der Waals surface area contributed by atoms with Crippen LogP contribution in [0.4, 0.5) is 0 Å². The summed E-state index contributed by atoms with van der Waals surface area (Å²) in [6.07, 6.45) is 3.21. The fourth-order valence-corrected chi connectivity index (χ4v) is 2.28. The summed E-state index contributed by atoms with van der Waals surface area (Å²) >= 11 is 0. The van der Waals surface area contributed by atoms with Gasteiger partial charge in [-0.1, -0.05) is 0 Å². The highest BCUT2D eigenvalue weighted by molar-refractivity contribution is 5.94. The van der Waals surface area contributed by atoms with Crippen LogP contribution in [0.2, 0.25) is 0 Å². The first-order chi connectivity index (χ1) is 9.74. The summed E-state index contributed by atoms with van der Waals surface area (Å²) in [6.45, 7) is 3.87. The van der Waals surface area contributed by atoms with E-state index in [9.17, 15) is 4.79 Å². The van der Waals surface area contributed by atoms with Gasteiger partial charge in [0.15, 0.2) is 0 Å². The second kappa shape index (κ2) is 5.42. The van der Waals surface area contributed by atoms with Gasteiger partial charge in [-0.15, -0.1) is 0 Å². The van der Waals surface area contributed by atoms with Gasteiger partial charge in [0.2, 0.25) is 0 Å². The number of morpholine rings is 1. The normalized spacial score (nSPS) is 19.1. The van der Waals surface area contributed by atoms with Gasteiger partial charge in [0, 0.05) is 18.7 Å². The highest BCUT2D eigenvalue weighted by Crippen LogP contribution is 2.13. The highest BCUT2D eigenvalue weighted by atomic mass is 16.5. The van der Waals surface area contributed by atoms with E-state index in [1.807, 2.05) is 36.1 Å². The first kappa shape index (κ1) is 12.8. The number of carbonyl (C=O) groups is 1. The van der Waals surface area contributed by atoms with Crippen molar-refractivity contribution >= 4 is 5.91 Å². The van der Waals surface area contributed by atoms with Crippen molar-refractivity contribution in [1.82, 2.24) is 19.7 Å². The van der Waals surface area contributed by atoms with E-state index in [2.05, 4.69) is 10.1 Å². The topological polar surface area (TPSA) is 60.2 Å². The Hall–Kier alpha value is -2.21. The highest BCUT2D eigenvalue weighted by Gasteiger charge is 2.22. The van der Waals surface area contributed by atoms with Crippen LogP contribution in [-0.2, 0) is 4.74 Å². The summed E-state index contributed by atoms with van der Waals surface area (Å²) in [7, 11) is 0. The summed E-state index contributed by atoms with van der Waals surface area (Å²) < 4.78 is 7.11. The number of hydrogen-bond acceptors (Lipinski definition) is 4. The quantitative estimate of drug-likeness (QED) is 0.822. The van der Waals surface area contributed by atoms with Crippen LogP contribution in [0, 0.1) is 0 Å². The van der Waals surface area contributed by atoms with Crippen LogP contribution in [0.3, 0.4) is 0 Å². The van der Waals surface area contributed by atoms with Crippen LogP contribution < -0.4 is 0 Å². The lowest BCUT2D eigenvalue weighted by atomic mass is 10.1. The van der Waals surface area contributed by atoms with Crippen molar-refractivity contribution in [2.75, 3.05) is 19.7 Å². The van der Waals surface area contributed by atoms with Crippen LogP contribution in [-0.4, -0.2) is 51.4 Å². The molecule has 2 aromatic rings. The summed E-state index contributed by atoms with van der Waals surface area (Å²) in [5.41, 5.74) is 1.57. The van der Waals surface area contributed by atoms with Gasteiger partial charge in [-0.05, 0) is 31.2 Å². The van der Waals surface area contributed by atoms with E-state index in [1.165, 1.54) is 6.33 Å². The number of benzene rings is 1. The Morgan fingerprint density at radius 1 is 1.35 bits per heavy atom. The van der Waals surface area contributed by atoms with Crippen LogP contribution in [0.25, 0.3) is 5.69 Å². The zero-order chi connectivity index (χ0) is 13.9. The van der Waals surface area contributed by atoms with Crippen LogP contribution in [0.1, 0.15) is 17.3 Å². The van der Waals surface area contributed by atoms with E-state index in [1.54, 1.807) is 11.0 Å². The second-order valence-electron chi connectivity index (χ2n) is 4.82. The molecule has 1 aliphatic rings. The van der Waals surface area contributed by atoms with E-state index in [0.29, 0.717) is 25.3 Å². The first-order valence-corrected chi connectivity index (χ1v) is 6.60. The van der Waals surface area contributed by atoms with E-state index >= 15 is 0 Å². The minimum absolute atomic E-state index is 0.0466. The monoisotopic (exact) mass is 272 g/mol. The third-order valence-corrected chi connectivity index (χ3v) is 3.33. The van der Waals surface area contributed by atoms with Gasteiger partial charge < -0.3 is 9.64 Å². The molecule has 1 aromatic carbocycles. The third-order valence-electron chi connectivity index (χ3n) is 3.33. The Morgan fingerprint density at radius 2 is 2.15 bits per heavy atom. The predicted octanol–water partition coefficient (Wildman–Crippen LogP) is 1.13. The molecule has 0 radical (unpaired) electrons. The lowest BCUT2D eigenvalue weighted by molar-refractivity contribution is -0.0124. The molecule has 104 valence electrons. The molecule has 0 bridgehead atoms. The second-order valence-corrected chi connectivity index (χ2v) is 4.82. The largest absolute Gasteiger partial charge is 0.375 e. The molecule has 1 aliphatic heterocycles. The van der Waals surface area contributed by atoms with Crippen LogP contribution in [0.15, 0.2) is 36.9 Å². The van der Waals surface area contributed by atoms with E-state index < -0.39 is 0 Å². The summed E-state index contributed by atoms with van der Waals surface area (Å²) in [4.78, 5) is 18.1. The van der Waals surface area contributed by atoms with Crippen molar-refractivity contribution in [1.29, 1.82) is 0 Å². The average molecular weight is 272 g/mol. The molecule has 1 aromatic heterocycles. The van der Waals surface area contributed by atoms with Crippen molar-refractivity contribution in [2.24, 2.45) is 0 Å². The molecule has 1 atom stereocenters. The standard InChI is InChI=1S/C14H16N4O2/c1-11-8-17(6-7-20-11)14(19)12-2-4-13(5-3-12)18-10-15-9-16-18/h2-5,9-11H,6-8H2,1H3. The van der Waals surface area contributed by atoms with Crippen molar-refractivity contribution in [3.8, 4) is 5.69 Å². The number of ether oxygens (including phenoxy) is 1. The maximum absolute atomic E-state index is 12.4. The van der Waals surface area contributed by atoms with Crippen molar-refractivity contribution in [3.63, 3.8) is 0 Å². The first-order valence-electron chi connectivity index (χ1n) is 6.60. The number of carbonyl (C=O) groups excluding carboxylic acids is 1. The summed E-state index contributed by atoms with van der Waals surface area (Å²) in [5.74, 6) is 0.0466. The van der Waals surface area contributed by atoms with Crippen molar-refractivity contribution in [3.05, 3.63) is 42.5 Å². The van der Waals surface area contributed by atoms with E-state index in [0.717, 1.165) is 5.69 Å². The Labute approximate surface area is 117 Å². The lowest BCUT2D eigenvalue weighted by Crippen LogP contribution is -2.44. The molecule has 0 N–H and O–H groups in total. The van der Waals surface area contributed by atoms with Crippen LogP contribution >= 0.6 is 0 Å². The molecule has 1 saturated heterocycles. The number of nitrogens with zero attached hydrogens (tertiary/aromatic N) is 4. The van der Waals surface area contributed by atoms with E-state index in [4.69, 9.17) is 4.74 Å². The van der Waals surface area contributed by atoms with Gasteiger partial charge in [-0.25, -0.2) is 9.67 Å². The molecule has 1 fully saturated rings. The maximum Gasteiger partial charge on any atom is 0.254 e. The van der Waals surface area contributed by atoms with Gasteiger partial charge in [0.1, 0.15) is 12.7 Å². The minimum Gasteiger partial charge on any atom is -0.375 e. The van der Waals surface area contributed by atoms with Gasteiger partial charge >= 0.3 is 0 Å². The van der Waals surface area contributed by atoms with Crippen molar-refractivity contribution < 1.29 is 9.53 Å². The molecule has 0 saturated carbocycles. The SMILES string of the molecule is CC1CN(C(=O)c2ccc(-n3cncn3)cc2)CCO1. The van der Waals surface area contributed by atoms with Gasteiger partial charge in [0.25, 0.3) is 5.91 Å². The minimum atomic E-state index is 0.0466. The fourth-order valence-electron chi connectivity index (χ4n) is 2.28. The lowest BCUT2D eigenvalue weighted by Gasteiger charge is -2.31. The smallest absolute Gasteiger partial charge is 0.254 e. The number of rotatable bonds is 2. The Balaban J connectivity index is 1.75. The average Bonchev–Trinajstić information content (AvgIpc) is 3.01. The zero-order valence-corrected chi connectivity index (χ0v) is 11.3. The number of aromatic nitrogens is 3. The molecule has 0 spiro atoms. The molecular weight excluding hydrogens is 256 g/mol. The van der Waals surface area contributed by atoms with Gasteiger partial charge in [-0.3, -0.25) is 4.79 Å². The predicted molar refractivity (Wildman–Crippen MR) is 72.7 cm³/mol. The molecule has 0 aliphatic carbocycles. The van der Waals surface area contributed by atoms with Crippen LogP contribution in [0.5, 0.6) is 0 Å². The third kappa shape index (κ3) is 2.55. The number of hydrogen-bond donors (Lipinski definition) is 0. The molecule has 20 heavy (non-hydrogen) atoms. The summed E-state index contributed by atoms with van der Waals surface area (Å²) in [5, 5.41) is 4.05. The Morgan fingerprint density at radius 3 is 2.80 bits per heavy atom. The maximum atomic E-state index is 12.4. The molecule has 2 heterocycles. The number of amides is 1. The Bertz CT molecular complexity index is 580. The fraction of sp³-hybridized carbons (Fsp3) is 0.357. The summed E-state index contributed by atoms with van der Waals surface area (Å²) in [6, 6.07) is 7.37. The van der Waals surface area contributed by atoms with Gasteiger partial charge in [-0.2, -0.15) is 5.10 Å². The molecule has 3 rings (SSSR count). The molecule has 1 amide bonds. The Kier molecular flexibility index (Phi) is 3.47. The molecule has 1 unspecified atom stereocenters. The van der Waals surface area contributed by atoms with Gasteiger partial charge in [0.05, 0.1) is 18.4 Å². The molecule has 6 nitrogen and oxygen atoms in total. The van der Waals surface area contributed by atoms with E-state index in [-0.39, 0.29) is 12.0 Å². The zero-order valence-electron chi connectivity index (χ0n) is 11.3. The molecule has 6 heteroatoms.